The van der Waals surface area contributed by atoms with Crippen molar-refractivity contribution in [3.63, 3.8) is 0 Å². The molecule has 3 atom stereocenters. The third-order valence-corrected chi connectivity index (χ3v) is 5.80. The summed E-state index contributed by atoms with van der Waals surface area (Å²) in [5, 5.41) is 2.96. The van der Waals surface area contributed by atoms with Crippen LogP contribution in [-0.2, 0) is 19.1 Å². The fourth-order valence-electron chi connectivity index (χ4n) is 3.86. The molecule has 1 aromatic carbocycles. The molecular weight excluding hydrogens is 360 g/mol. The molecule has 1 saturated heterocycles. The van der Waals surface area contributed by atoms with Gasteiger partial charge in [-0.15, -0.1) is 0 Å². The van der Waals surface area contributed by atoms with Gasteiger partial charge in [-0.25, -0.2) is 4.79 Å². The monoisotopic (exact) mass is 386 g/mol. The number of benzene rings is 1. The number of carbonyl (C=O) groups is 4. The molecule has 3 amide bonds. The Morgan fingerprint density at radius 1 is 1.07 bits per heavy atom. The number of hydrogen-bond donors (Lipinski definition) is 1. The topological polar surface area (TPSA) is 92.8 Å². The first-order valence-corrected chi connectivity index (χ1v) is 9.79. The SMILES string of the molecule is C[C@@H]1[C@@H](C)CCC[C@H]1NC(=O)COC(=O)c1ccc(N2C(=O)CCC2=O)cc1. The van der Waals surface area contributed by atoms with Gasteiger partial charge in [0, 0.05) is 18.9 Å². The molecule has 3 rings (SSSR count). The van der Waals surface area contributed by atoms with Gasteiger partial charge in [0.05, 0.1) is 11.3 Å². The molecule has 1 N–H and O–H groups in total. The van der Waals surface area contributed by atoms with E-state index < -0.39 is 5.97 Å². The fourth-order valence-corrected chi connectivity index (χ4v) is 3.86. The van der Waals surface area contributed by atoms with Gasteiger partial charge >= 0.3 is 5.97 Å². The van der Waals surface area contributed by atoms with Gasteiger partial charge in [0.15, 0.2) is 6.61 Å². The third kappa shape index (κ3) is 4.40. The Morgan fingerprint density at radius 2 is 1.71 bits per heavy atom. The van der Waals surface area contributed by atoms with Gasteiger partial charge in [-0.05, 0) is 42.5 Å². The lowest BCUT2D eigenvalue weighted by Crippen LogP contribution is -2.45. The van der Waals surface area contributed by atoms with E-state index in [0.717, 1.165) is 17.7 Å². The van der Waals surface area contributed by atoms with Crippen LogP contribution < -0.4 is 10.2 Å². The number of hydrogen-bond acceptors (Lipinski definition) is 5. The van der Waals surface area contributed by atoms with Gasteiger partial charge in [0.25, 0.3) is 5.91 Å². The summed E-state index contributed by atoms with van der Waals surface area (Å²) in [6.07, 6.45) is 3.62. The summed E-state index contributed by atoms with van der Waals surface area (Å²) in [5.74, 6) is -0.451. The summed E-state index contributed by atoms with van der Waals surface area (Å²) in [6, 6.07) is 6.15. The van der Waals surface area contributed by atoms with E-state index in [0.29, 0.717) is 17.5 Å². The predicted octanol–water partition coefficient (Wildman–Crippen LogP) is 2.44. The molecular formula is C21H26N2O5. The smallest absolute Gasteiger partial charge is 0.338 e. The first-order chi connectivity index (χ1) is 13.4. The van der Waals surface area contributed by atoms with Crippen LogP contribution in [0, 0.1) is 11.8 Å². The van der Waals surface area contributed by atoms with Gasteiger partial charge in [-0.1, -0.05) is 26.7 Å². The summed E-state index contributed by atoms with van der Waals surface area (Å²) in [4.78, 5) is 48.9. The number of amides is 3. The minimum Gasteiger partial charge on any atom is -0.452 e. The van der Waals surface area contributed by atoms with Crippen LogP contribution in [0.3, 0.4) is 0 Å². The first-order valence-electron chi connectivity index (χ1n) is 9.79. The lowest BCUT2D eigenvalue weighted by molar-refractivity contribution is -0.125. The average Bonchev–Trinajstić information content (AvgIpc) is 3.02. The van der Waals surface area contributed by atoms with Crippen LogP contribution in [0.25, 0.3) is 0 Å². The largest absolute Gasteiger partial charge is 0.452 e. The normalized spacial score (nSPS) is 24.9. The molecule has 1 aliphatic heterocycles. The fraction of sp³-hybridized carbons (Fsp3) is 0.524. The van der Waals surface area contributed by atoms with Crippen molar-refractivity contribution in [3.8, 4) is 0 Å². The number of nitrogens with zero attached hydrogens (tertiary/aromatic N) is 1. The molecule has 2 fully saturated rings. The Kier molecular flexibility index (Phi) is 6.11. The van der Waals surface area contributed by atoms with Gasteiger partial charge in [0.2, 0.25) is 11.8 Å². The number of anilines is 1. The molecule has 0 aromatic heterocycles. The maximum atomic E-state index is 12.2. The van der Waals surface area contributed by atoms with E-state index in [1.807, 2.05) is 0 Å². The minimum atomic E-state index is -0.620. The third-order valence-electron chi connectivity index (χ3n) is 5.80. The number of ether oxygens (including phenoxy) is 1. The Morgan fingerprint density at radius 3 is 2.36 bits per heavy atom. The van der Waals surface area contributed by atoms with Crippen molar-refractivity contribution < 1.29 is 23.9 Å². The number of nitrogens with one attached hydrogen (secondary N) is 1. The van der Waals surface area contributed by atoms with Crippen molar-refractivity contribution >= 4 is 29.4 Å². The van der Waals surface area contributed by atoms with E-state index in [9.17, 15) is 19.2 Å². The van der Waals surface area contributed by atoms with Crippen LogP contribution in [0.1, 0.15) is 56.3 Å². The molecule has 1 heterocycles. The van der Waals surface area contributed by atoms with Crippen LogP contribution in [-0.4, -0.2) is 36.3 Å². The summed E-state index contributed by atoms with van der Waals surface area (Å²) in [7, 11) is 0. The standard InChI is InChI=1S/C21H26N2O5/c1-13-4-3-5-17(14(13)2)22-18(24)12-28-21(27)15-6-8-16(9-7-15)23-19(25)10-11-20(23)26/h6-9,13-14,17H,3-5,10-12H2,1-2H3,(H,22,24)/t13-,14+,17+/m0/s1. The lowest BCUT2D eigenvalue weighted by Gasteiger charge is -2.34. The number of carbonyl (C=O) groups excluding carboxylic acids is 4. The Labute approximate surface area is 164 Å². The van der Waals surface area contributed by atoms with E-state index in [2.05, 4.69) is 19.2 Å². The second-order valence-electron chi connectivity index (χ2n) is 7.69. The maximum Gasteiger partial charge on any atom is 0.338 e. The maximum absolute atomic E-state index is 12.2. The molecule has 2 aliphatic rings. The average molecular weight is 386 g/mol. The van der Waals surface area contributed by atoms with Crippen molar-refractivity contribution in [2.45, 2.75) is 52.0 Å². The molecule has 7 heteroatoms. The van der Waals surface area contributed by atoms with Crippen molar-refractivity contribution in [1.29, 1.82) is 0 Å². The zero-order valence-electron chi connectivity index (χ0n) is 16.3. The van der Waals surface area contributed by atoms with Crippen LogP contribution in [0.4, 0.5) is 5.69 Å². The highest BCUT2D eigenvalue weighted by atomic mass is 16.5. The first kappa shape index (κ1) is 20.0. The molecule has 7 nitrogen and oxygen atoms in total. The van der Waals surface area contributed by atoms with Gasteiger partial charge < -0.3 is 10.1 Å². The summed E-state index contributed by atoms with van der Waals surface area (Å²) < 4.78 is 5.10. The molecule has 28 heavy (non-hydrogen) atoms. The van der Waals surface area contributed by atoms with Gasteiger partial charge in [-0.3, -0.25) is 19.3 Å². The molecule has 1 saturated carbocycles. The van der Waals surface area contributed by atoms with E-state index in [4.69, 9.17) is 4.74 Å². The van der Waals surface area contributed by atoms with Crippen molar-refractivity contribution in [2.24, 2.45) is 11.8 Å². The Balaban J connectivity index is 1.51. The number of esters is 1. The van der Waals surface area contributed by atoms with Gasteiger partial charge in [0.1, 0.15) is 0 Å². The molecule has 0 spiro atoms. The zero-order valence-corrected chi connectivity index (χ0v) is 16.3. The molecule has 1 aromatic rings. The molecule has 0 unspecified atom stereocenters. The van der Waals surface area contributed by atoms with E-state index in [1.165, 1.54) is 30.7 Å². The molecule has 1 aliphatic carbocycles. The Hall–Kier alpha value is -2.70. The van der Waals surface area contributed by atoms with Gasteiger partial charge in [-0.2, -0.15) is 0 Å². The number of imide groups is 1. The van der Waals surface area contributed by atoms with Crippen LogP contribution >= 0.6 is 0 Å². The highest BCUT2D eigenvalue weighted by molar-refractivity contribution is 6.19. The van der Waals surface area contributed by atoms with Crippen LogP contribution in [0.2, 0.25) is 0 Å². The quantitative estimate of drug-likeness (QED) is 0.620. The second kappa shape index (κ2) is 8.54. The molecule has 0 radical (unpaired) electrons. The van der Waals surface area contributed by atoms with E-state index in [-0.39, 0.29) is 48.8 Å². The van der Waals surface area contributed by atoms with Crippen LogP contribution in [0.5, 0.6) is 0 Å². The molecule has 0 bridgehead atoms. The van der Waals surface area contributed by atoms with Crippen molar-refractivity contribution in [2.75, 3.05) is 11.5 Å². The summed E-state index contributed by atoms with van der Waals surface area (Å²) in [5.41, 5.74) is 0.692. The summed E-state index contributed by atoms with van der Waals surface area (Å²) >= 11 is 0. The van der Waals surface area contributed by atoms with E-state index >= 15 is 0 Å². The highest BCUT2D eigenvalue weighted by Crippen LogP contribution is 2.29. The molecule has 150 valence electrons. The zero-order chi connectivity index (χ0) is 20.3. The predicted molar refractivity (Wildman–Crippen MR) is 103 cm³/mol. The Bertz CT molecular complexity index is 758. The summed E-state index contributed by atoms with van der Waals surface area (Å²) in [6.45, 7) is 4.00. The minimum absolute atomic E-state index is 0.116. The van der Waals surface area contributed by atoms with Crippen molar-refractivity contribution in [1.82, 2.24) is 5.32 Å². The second-order valence-corrected chi connectivity index (χ2v) is 7.69. The van der Waals surface area contributed by atoms with E-state index in [1.54, 1.807) is 0 Å². The van der Waals surface area contributed by atoms with Crippen LogP contribution in [0.15, 0.2) is 24.3 Å². The number of rotatable bonds is 5. The lowest BCUT2D eigenvalue weighted by atomic mass is 9.78. The highest BCUT2D eigenvalue weighted by Gasteiger charge is 2.30. The van der Waals surface area contributed by atoms with Crippen molar-refractivity contribution in [3.05, 3.63) is 29.8 Å².